The third kappa shape index (κ3) is 1.46. The van der Waals surface area contributed by atoms with Gasteiger partial charge in [-0.3, -0.25) is 0 Å². The van der Waals surface area contributed by atoms with Crippen LogP contribution in [0.1, 0.15) is 0 Å². The summed E-state index contributed by atoms with van der Waals surface area (Å²) in [5, 5.41) is 4.47. The molecule has 0 saturated carbocycles. The highest BCUT2D eigenvalue weighted by atomic mass is 127. The molecular formula is C7H5ClIN3O. The normalized spacial score (nSPS) is 10.7. The van der Waals surface area contributed by atoms with Crippen molar-refractivity contribution in [2.45, 2.75) is 0 Å². The van der Waals surface area contributed by atoms with Gasteiger partial charge in [0.15, 0.2) is 16.5 Å². The molecule has 0 aliphatic heterocycles. The largest absolute Gasteiger partial charge is 0.493 e. The number of hydrogen-bond acceptors (Lipinski definition) is 3. The Hall–Kier alpha value is -0.560. The fourth-order valence-corrected chi connectivity index (χ4v) is 1.69. The summed E-state index contributed by atoms with van der Waals surface area (Å²) in [5.41, 5.74) is 0.677. The molecule has 4 nitrogen and oxygen atoms in total. The number of aromatic nitrogens is 3. The average Bonchev–Trinajstić information content (AvgIpc) is 2.47. The number of hydrogen-bond donors (Lipinski definition) is 0. The molecular weight excluding hydrogens is 304 g/mol. The van der Waals surface area contributed by atoms with Crippen LogP contribution in [0.2, 0.25) is 5.15 Å². The number of rotatable bonds is 1. The molecule has 0 spiro atoms. The highest BCUT2D eigenvalue weighted by Crippen LogP contribution is 2.22. The summed E-state index contributed by atoms with van der Waals surface area (Å²) < 4.78 is 7.65. The number of imidazole rings is 1. The van der Waals surface area contributed by atoms with Crippen LogP contribution < -0.4 is 4.74 Å². The van der Waals surface area contributed by atoms with Crippen molar-refractivity contribution in [3.8, 4) is 5.75 Å². The molecule has 2 aromatic rings. The Morgan fingerprint density at radius 3 is 3.08 bits per heavy atom. The predicted octanol–water partition coefficient (Wildman–Crippen LogP) is 2.00. The van der Waals surface area contributed by atoms with E-state index >= 15 is 0 Å². The van der Waals surface area contributed by atoms with Crippen molar-refractivity contribution in [2.24, 2.45) is 0 Å². The van der Waals surface area contributed by atoms with Gasteiger partial charge in [-0.1, -0.05) is 11.6 Å². The second-order valence-electron chi connectivity index (χ2n) is 2.35. The zero-order valence-electron chi connectivity index (χ0n) is 6.66. The first-order chi connectivity index (χ1) is 6.22. The van der Waals surface area contributed by atoms with E-state index in [9.17, 15) is 0 Å². The van der Waals surface area contributed by atoms with Gasteiger partial charge in [0.25, 0.3) is 0 Å². The van der Waals surface area contributed by atoms with Crippen molar-refractivity contribution in [1.29, 1.82) is 0 Å². The Balaban J connectivity index is 2.84. The van der Waals surface area contributed by atoms with Gasteiger partial charge in [0.2, 0.25) is 0 Å². The molecule has 0 unspecified atom stereocenters. The molecule has 6 heteroatoms. The molecule has 0 radical (unpaired) electrons. The SMILES string of the molecule is COc1cc(Cl)nn2c(I)cnc12. The van der Waals surface area contributed by atoms with Crippen LogP contribution in [0.4, 0.5) is 0 Å². The van der Waals surface area contributed by atoms with E-state index in [-0.39, 0.29) is 0 Å². The van der Waals surface area contributed by atoms with E-state index in [1.807, 2.05) is 0 Å². The van der Waals surface area contributed by atoms with Crippen molar-refractivity contribution < 1.29 is 4.74 Å². The zero-order chi connectivity index (χ0) is 9.42. The zero-order valence-corrected chi connectivity index (χ0v) is 9.57. The number of ether oxygens (including phenoxy) is 1. The van der Waals surface area contributed by atoms with Crippen LogP contribution in [0.15, 0.2) is 12.3 Å². The Bertz CT molecular complexity index is 456. The Morgan fingerprint density at radius 1 is 1.62 bits per heavy atom. The fourth-order valence-electron chi connectivity index (χ4n) is 1.04. The van der Waals surface area contributed by atoms with Crippen molar-refractivity contribution in [1.82, 2.24) is 14.6 Å². The van der Waals surface area contributed by atoms with Gasteiger partial charge in [-0.05, 0) is 22.6 Å². The molecule has 0 fully saturated rings. The maximum Gasteiger partial charge on any atom is 0.197 e. The van der Waals surface area contributed by atoms with E-state index in [4.69, 9.17) is 16.3 Å². The molecule has 0 bridgehead atoms. The lowest BCUT2D eigenvalue weighted by Crippen LogP contribution is -1.97. The van der Waals surface area contributed by atoms with Gasteiger partial charge in [-0.25, -0.2) is 9.50 Å². The van der Waals surface area contributed by atoms with E-state index in [1.54, 1.807) is 23.9 Å². The fraction of sp³-hybridized carbons (Fsp3) is 0.143. The molecule has 0 atom stereocenters. The Labute approximate surface area is 93.0 Å². The van der Waals surface area contributed by atoms with Crippen LogP contribution in [0.3, 0.4) is 0 Å². The smallest absolute Gasteiger partial charge is 0.197 e. The standard InChI is InChI=1S/C7H5ClIN3O/c1-13-4-2-5(8)11-12-6(9)3-10-7(4)12/h2-3H,1H3. The summed E-state index contributed by atoms with van der Waals surface area (Å²) in [6.45, 7) is 0. The molecule has 68 valence electrons. The van der Waals surface area contributed by atoms with E-state index in [1.165, 1.54) is 0 Å². The second kappa shape index (κ2) is 3.30. The lowest BCUT2D eigenvalue weighted by molar-refractivity contribution is 0.415. The van der Waals surface area contributed by atoms with E-state index in [0.29, 0.717) is 16.5 Å². The molecule has 0 N–H and O–H groups in total. The topological polar surface area (TPSA) is 39.4 Å². The van der Waals surface area contributed by atoms with Gasteiger partial charge in [0.05, 0.1) is 13.3 Å². The first-order valence-corrected chi connectivity index (χ1v) is 4.92. The molecule has 2 rings (SSSR count). The lowest BCUT2D eigenvalue weighted by Gasteiger charge is -2.01. The van der Waals surface area contributed by atoms with Gasteiger partial charge in [-0.2, -0.15) is 5.10 Å². The molecule has 0 amide bonds. The molecule has 2 heterocycles. The van der Waals surface area contributed by atoms with Crippen LogP contribution in [-0.4, -0.2) is 21.7 Å². The maximum atomic E-state index is 5.79. The van der Waals surface area contributed by atoms with Gasteiger partial charge in [0.1, 0.15) is 3.70 Å². The number of halogens is 2. The van der Waals surface area contributed by atoms with Crippen LogP contribution in [0.5, 0.6) is 5.75 Å². The molecule has 0 aliphatic carbocycles. The summed E-state index contributed by atoms with van der Waals surface area (Å²) in [5.74, 6) is 0.628. The van der Waals surface area contributed by atoms with Gasteiger partial charge in [-0.15, -0.1) is 0 Å². The average molecular weight is 309 g/mol. The third-order valence-corrected chi connectivity index (χ3v) is 2.50. The van der Waals surface area contributed by atoms with Gasteiger partial charge >= 0.3 is 0 Å². The molecule has 2 aromatic heterocycles. The molecule has 0 aromatic carbocycles. The molecule has 13 heavy (non-hydrogen) atoms. The summed E-state index contributed by atoms with van der Waals surface area (Å²) in [6.07, 6.45) is 1.71. The van der Waals surface area contributed by atoms with Crippen LogP contribution in [0, 0.1) is 3.70 Å². The minimum absolute atomic E-state index is 0.389. The van der Waals surface area contributed by atoms with E-state index in [2.05, 4.69) is 32.7 Å². The van der Waals surface area contributed by atoms with E-state index < -0.39 is 0 Å². The highest BCUT2D eigenvalue weighted by Gasteiger charge is 2.08. The van der Waals surface area contributed by atoms with Crippen LogP contribution >= 0.6 is 34.2 Å². The summed E-state index contributed by atoms with van der Waals surface area (Å²) in [4.78, 5) is 4.14. The maximum absolute atomic E-state index is 5.79. The van der Waals surface area contributed by atoms with E-state index in [0.717, 1.165) is 3.70 Å². The lowest BCUT2D eigenvalue weighted by atomic mass is 10.5. The number of nitrogens with zero attached hydrogens (tertiary/aromatic N) is 3. The number of methoxy groups -OCH3 is 1. The van der Waals surface area contributed by atoms with Crippen molar-refractivity contribution in [3.05, 3.63) is 21.1 Å². The second-order valence-corrected chi connectivity index (χ2v) is 3.84. The predicted molar refractivity (Wildman–Crippen MR) is 57.3 cm³/mol. The molecule has 0 aliphatic rings. The number of fused-ring (bicyclic) bond motifs is 1. The van der Waals surface area contributed by atoms with Gasteiger partial charge < -0.3 is 4.74 Å². The molecule has 0 saturated heterocycles. The quantitative estimate of drug-likeness (QED) is 0.756. The summed E-state index contributed by atoms with van der Waals surface area (Å²) in [7, 11) is 1.58. The Kier molecular flexibility index (Phi) is 2.29. The first kappa shape index (κ1) is 9.01. The van der Waals surface area contributed by atoms with Crippen molar-refractivity contribution in [2.75, 3.05) is 7.11 Å². The minimum Gasteiger partial charge on any atom is -0.493 e. The van der Waals surface area contributed by atoms with Crippen LogP contribution in [0.25, 0.3) is 5.65 Å². The van der Waals surface area contributed by atoms with Crippen LogP contribution in [-0.2, 0) is 0 Å². The third-order valence-electron chi connectivity index (χ3n) is 1.58. The van der Waals surface area contributed by atoms with Gasteiger partial charge in [0, 0.05) is 6.07 Å². The summed E-state index contributed by atoms with van der Waals surface area (Å²) >= 11 is 7.92. The Morgan fingerprint density at radius 2 is 2.38 bits per heavy atom. The highest BCUT2D eigenvalue weighted by molar-refractivity contribution is 14.1. The van der Waals surface area contributed by atoms with Crippen molar-refractivity contribution in [3.63, 3.8) is 0 Å². The monoisotopic (exact) mass is 309 g/mol. The minimum atomic E-state index is 0.389. The van der Waals surface area contributed by atoms with Crippen molar-refractivity contribution >= 4 is 39.8 Å². The summed E-state index contributed by atoms with van der Waals surface area (Å²) in [6, 6.07) is 1.64. The first-order valence-electron chi connectivity index (χ1n) is 3.46.